The highest BCUT2D eigenvalue weighted by molar-refractivity contribution is 7.13. The van der Waals surface area contributed by atoms with E-state index < -0.39 is 0 Å². The standard InChI is InChI=1S/C18H23N3OS/c1-14(2)20-8-10-21(11-9-20)17(22)12-16-13-23-18(19-16)15-6-4-3-5-7-15/h3-7,13-14H,8-12H2,1-2H3. The number of nitrogens with zero attached hydrogens (tertiary/aromatic N) is 3. The van der Waals surface area contributed by atoms with Crippen molar-refractivity contribution in [2.24, 2.45) is 0 Å². The van der Waals surface area contributed by atoms with E-state index in [0.29, 0.717) is 12.5 Å². The van der Waals surface area contributed by atoms with Crippen molar-refractivity contribution in [1.29, 1.82) is 0 Å². The molecule has 5 heteroatoms. The number of hydrogen-bond acceptors (Lipinski definition) is 4. The van der Waals surface area contributed by atoms with Crippen molar-refractivity contribution in [1.82, 2.24) is 14.8 Å². The van der Waals surface area contributed by atoms with Crippen LogP contribution < -0.4 is 0 Å². The van der Waals surface area contributed by atoms with E-state index in [0.717, 1.165) is 42.4 Å². The molecule has 3 rings (SSSR count). The topological polar surface area (TPSA) is 36.4 Å². The Kier molecular flexibility index (Phi) is 5.08. The fraction of sp³-hybridized carbons (Fsp3) is 0.444. The number of amides is 1. The Hall–Kier alpha value is -1.72. The summed E-state index contributed by atoms with van der Waals surface area (Å²) in [4.78, 5) is 21.5. The van der Waals surface area contributed by atoms with Crippen LogP contribution in [0.25, 0.3) is 10.6 Å². The second kappa shape index (κ2) is 7.23. The summed E-state index contributed by atoms with van der Waals surface area (Å²) >= 11 is 1.61. The van der Waals surface area contributed by atoms with Crippen LogP contribution in [0.5, 0.6) is 0 Å². The number of benzene rings is 1. The number of aromatic nitrogens is 1. The molecule has 2 aromatic rings. The fourth-order valence-corrected chi connectivity index (χ4v) is 3.68. The molecule has 1 saturated heterocycles. The Morgan fingerprint density at radius 2 is 1.87 bits per heavy atom. The maximum absolute atomic E-state index is 12.5. The first kappa shape index (κ1) is 16.1. The molecular weight excluding hydrogens is 306 g/mol. The molecule has 1 aromatic heterocycles. The predicted molar refractivity (Wildman–Crippen MR) is 94.5 cm³/mol. The number of hydrogen-bond donors (Lipinski definition) is 0. The molecule has 1 aromatic carbocycles. The minimum atomic E-state index is 0.193. The molecule has 0 aliphatic carbocycles. The molecule has 0 N–H and O–H groups in total. The molecule has 0 unspecified atom stereocenters. The van der Waals surface area contributed by atoms with Gasteiger partial charge in [-0.05, 0) is 13.8 Å². The van der Waals surface area contributed by atoms with Crippen molar-refractivity contribution in [3.63, 3.8) is 0 Å². The van der Waals surface area contributed by atoms with Gasteiger partial charge in [-0.15, -0.1) is 11.3 Å². The average molecular weight is 329 g/mol. The van der Waals surface area contributed by atoms with Crippen molar-refractivity contribution in [3.05, 3.63) is 41.4 Å². The highest BCUT2D eigenvalue weighted by Crippen LogP contribution is 2.23. The lowest BCUT2D eigenvalue weighted by atomic mass is 10.2. The minimum Gasteiger partial charge on any atom is -0.340 e. The van der Waals surface area contributed by atoms with Gasteiger partial charge in [-0.3, -0.25) is 9.69 Å². The average Bonchev–Trinajstić information content (AvgIpc) is 3.04. The number of carbonyl (C=O) groups is 1. The van der Waals surface area contributed by atoms with Crippen molar-refractivity contribution in [2.45, 2.75) is 26.3 Å². The predicted octanol–water partition coefficient (Wildman–Crippen LogP) is 2.91. The van der Waals surface area contributed by atoms with Gasteiger partial charge < -0.3 is 4.90 Å². The number of thiazole rings is 1. The zero-order chi connectivity index (χ0) is 16.2. The Balaban J connectivity index is 1.58. The van der Waals surface area contributed by atoms with Gasteiger partial charge in [0.15, 0.2) is 0 Å². The van der Waals surface area contributed by atoms with E-state index in [9.17, 15) is 4.79 Å². The number of rotatable bonds is 4. The van der Waals surface area contributed by atoms with Gasteiger partial charge in [0.2, 0.25) is 5.91 Å². The van der Waals surface area contributed by atoms with Crippen LogP contribution in [-0.2, 0) is 11.2 Å². The van der Waals surface area contributed by atoms with E-state index in [1.807, 2.05) is 28.5 Å². The monoisotopic (exact) mass is 329 g/mol. The molecule has 0 bridgehead atoms. The molecule has 1 amide bonds. The van der Waals surface area contributed by atoms with Crippen LogP contribution in [0.4, 0.5) is 0 Å². The van der Waals surface area contributed by atoms with Crippen LogP contribution in [0.3, 0.4) is 0 Å². The zero-order valence-electron chi connectivity index (χ0n) is 13.7. The lowest BCUT2D eigenvalue weighted by molar-refractivity contribution is -0.132. The second-order valence-electron chi connectivity index (χ2n) is 6.20. The Morgan fingerprint density at radius 1 is 1.17 bits per heavy atom. The van der Waals surface area contributed by atoms with E-state index in [2.05, 4.69) is 35.9 Å². The van der Waals surface area contributed by atoms with Crippen molar-refractivity contribution in [2.75, 3.05) is 26.2 Å². The van der Waals surface area contributed by atoms with Crippen LogP contribution in [0.1, 0.15) is 19.5 Å². The molecule has 122 valence electrons. The Morgan fingerprint density at radius 3 is 2.52 bits per heavy atom. The number of carbonyl (C=O) groups excluding carboxylic acids is 1. The van der Waals surface area contributed by atoms with Gasteiger partial charge in [-0.2, -0.15) is 0 Å². The van der Waals surface area contributed by atoms with Gasteiger partial charge in [0.05, 0.1) is 12.1 Å². The summed E-state index contributed by atoms with van der Waals surface area (Å²) in [6.45, 7) is 8.00. The van der Waals surface area contributed by atoms with Crippen molar-refractivity contribution >= 4 is 17.2 Å². The van der Waals surface area contributed by atoms with Crippen molar-refractivity contribution in [3.8, 4) is 10.6 Å². The highest BCUT2D eigenvalue weighted by Gasteiger charge is 2.23. The van der Waals surface area contributed by atoms with Crippen LogP contribution in [-0.4, -0.2) is 52.9 Å². The van der Waals surface area contributed by atoms with E-state index in [1.165, 1.54) is 0 Å². The highest BCUT2D eigenvalue weighted by atomic mass is 32.1. The summed E-state index contributed by atoms with van der Waals surface area (Å²) in [5, 5.41) is 2.99. The fourth-order valence-electron chi connectivity index (χ4n) is 2.86. The molecule has 2 heterocycles. The third kappa shape index (κ3) is 3.98. The molecule has 0 atom stereocenters. The van der Waals surface area contributed by atoms with Gasteiger partial charge in [0.25, 0.3) is 0 Å². The van der Waals surface area contributed by atoms with Crippen LogP contribution >= 0.6 is 11.3 Å². The maximum atomic E-state index is 12.5. The SMILES string of the molecule is CC(C)N1CCN(C(=O)Cc2csc(-c3ccccc3)n2)CC1. The van der Waals surface area contributed by atoms with Gasteiger partial charge in [0, 0.05) is 43.2 Å². The summed E-state index contributed by atoms with van der Waals surface area (Å²) in [6, 6.07) is 10.7. The molecule has 1 fully saturated rings. The first-order valence-corrected chi connectivity index (χ1v) is 9.03. The smallest absolute Gasteiger partial charge is 0.228 e. The molecule has 0 radical (unpaired) electrons. The first-order chi connectivity index (χ1) is 11.1. The molecule has 0 saturated carbocycles. The molecule has 4 nitrogen and oxygen atoms in total. The van der Waals surface area contributed by atoms with E-state index >= 15 is 0 Å². The van der Waals surface area contributed by atoms with Gasteiger partial charge in [-0.1, -0.05) is 30.3 Å². The molecule has 1 aliphatic rings. The Labute approximate surface area is 141 Å². The van der Waals surface area contributed by atoms with Crippen molar-refractivity contribution < 1.29 is 4.79 Å². The molecule has 0 spiro atoms. The summed E-state index contributed by atoms with van der Waals surface area (Å²) in [6.07, 6.45) is 0.408. The normalized spacial score (nSPS) is 16.0. The van der Waals surface area contributed by atoms with Crippen LogP contribution in [0, 0.1) is 0 Å². The van der Waals surface area contributed by atoms with Gasteiger partial charge in [-0.25, -0.2) is 4.98 Å². The molecule has 23 heavy (non-hydrogen) atoms. The lowest BCUT2D eigenvalue weighted by Crippen LogP contribution is -2.51. The zero-order valence-corrected chi connectivity index (χ0v) is 14.6. The summed E-state index contributed by atoms with van der Waals surface area (Å²) in [7, 11) is 0. The summed E-state index contributed by atoms with van der Waals surface area (Å²) in [5.74, 6) is 0.193. The first-order valence-electron chi connectivity index (χ1n) is 8.15. The van der Waals surface area contributed by atoms with E-state index in [4.69, 9.17) is 0 Å². The quantitative estimate of drug-likeness (QED) is 0.865. The minimum absolute atomic E-state index is 0.193. The maximum Gasteiger partial charge on any atom is 0.228 e. The van der Waals surface area contributed by atoms with E-state index in [-0.39, 0.29) is 5.91 Å². The summed E-state index contributed by atoms with van der Waals surface area (Å²) in [5.41, 5.74) is 1.99. The van der Waals surface area contributed by atoms with Crippen LogP contribution in [0.2, 0.25) is 0 Å². The number of piperazine rings is 1. The third-order valence-corrected chi connectivity index (χ3v) is 5.24. The van der Waals surface area contributed by atoms with Gasteiger partial charge in [0.1, 0.15) is 5.01 Å². The Bertz CT molecular complexity index is 645. The third-order valence-electron chi connectivity index (χ3n) is 4.30. The lowest BCUT2D eigenvalue weighted by Gasteiger charge is -2.36. The van der Waals surface area contributed by atoms with Crippen LogP contribution in [0.15, 0.2) is 35.7 Å². The molecular formula is C18H23N3OS. The van der Waals surface area contributed by atoms with Gasteiger partial charge >= 0.3 is 0 Å². The van der Waals surface area contributed by atoms with E-state index in [1.54, 1.807) is 11.3 Å². The second-order valence-corrected chi connectivity index (χ2v) is 7.06. The molecule has 1 aliphatic heterocycles. The largest absolute Gasteiger partial charge is 0.340 e. The summed E-state index contributed by atoms with van der Waals surface area (Å²) < 4.78 is 0.